The van der Waals surface area contributed by atoms with Gasteiger partial charge in [-0.3, -0.25) is 0 Å². The van der Waals surface area contributed by atoms with E-state index in [-0.39, 0.29) is 0 Å². The van der Waals surface area contributed by atoms with Crippen LogP contribution in [-0.4, -0.2) is 12.1 Å². The largest absolute Gasteiger partial charge is 0.311 e. The fraction of sp³-hybridized carbons (Fsp3) is 1.00. The van der Waals surface area contributed by atoms with Gasteiger partial charge < -0.3 is 5.32 Å². The summed E-state index contributed by atoms with van der Waals surface area (Å²) in [5.74, 6) is 0.996. The van der Waals surface area contributed by atoms with Crippen molar-refractivity contribution in [3.8, 4) is 0 Å². The molecule has 0 aromatic heterocycles. The van der Waals surface area contributed by atoms with Crippen molar-refractivity contribution in [2.24, 2.45) is 5.92 Å². The van der Waals surface area contributed by atoms with Crippen LogP contribution in [0.1, 0.15) is 71.1 Å². The van der Waals surface area contributed by atoms with Crippen molar-refractivity contribution < 1.29 is 0 Å². The predicted molar refractivity (Wildman–Crippen MR) is 66.0 cm³/mol. The average Bonchev–Trinajstić information content (AvgIpc) is 2.06. The van der Waals surface area contributed by atoms with Gasteiger partial charge in [0.15, 0.2) is 0 Å². The van der Waals surface area contributed by atoms with Crippen molar-refractivity contribution in [3.05, 3.63) is 0 Å². The number of hydrogen-bond donors (Lipinski definition) is 1. The lowest BCUT2D eigenvalue weighted by molar-refractivity contribution is 0.216. The van der Waals surface area contributed by atoms with E-state index in [0.717, 1.165) is 18.0 Å². The molecule has 15 heavy (non-hydrogen) atoms. The minimum absolute atomic E-state index is 0.781. The quantitative estimate of drug-likeness (QED) is 0.744. The summed E-state index contributed by atoms with van der Waals surface area (Å²) in [5.41, 5.74) is 0. The topological polar surface area (TPSA) is 12.0 Å². The molecule has 2 rings (SSSR count). The molecule has 0 saturated heterocycles. The van der Waals surface area contributed by atoms with E-state index in [1.807, 2.05) is 0 Å². The van der Waals surface area contributed by atoms with E-state index in [2.05, 4.69) is 12.2 Å². The summed E-state index contributed by atoms with van der Waals surface area (Å²) in [6.07, 6.45) is 14.6. The molecular weight excluding hydrogens is 182 g/mol. The second kappa shape index (κ2) is 5.89. The van der Waals surface area contributed by atoms with Crippen LogP contribution in [0.5, 0.6) is 0 Å². The van der Waals surface area contributed by atoms with Gasteiger partial charge in [-0.2, -0.15) is 0 Å². The van der Waals surface area contributed by atoms with Crippen LogP contribution < -0.4 is 5.32 Å². The first kappa shape index (κ1) is 11.4. The summed E-state index contributed by atoms with van der Waals surface area (Å²) in [5, 5.41) is 3.89. The highest BCUT2D eigenvalue weighted by Gasteiger charge is 2.25. The predicted octanol–water partition coefficient (Wildman–Crippen LogP) is 3.88. The Hall–Kier alpha value is -0.0400. The standard InChI is InChI=1S/C14H27N/c1-12(13-8-7-9-13)15-14-10-5-3-2-4-6-11-14/h12-15H,2-11H2,1H3. The van der Waals surface area contributed by atoms with Crippen LogP contribution >= 0.6 is 0 Å². The molecule has 0 aromatic carbocycles. The third-order valence-electron chi connectivity index (χ3n) is 4.46. The lowest BCUT2D eigenvalue weighted by atomic mass is 9.80. The van der Waals surface area contributed by atoms with Crippen LogP contribution in [0.15, 0.2) is 0 Å². The summed E-state index contributed by atoms with van der Waals surface area (Å²) >= 11 is 0. The number of hydrogen-bond acceptors (Lipinski definition) is 1. The summed E-state index contributed by atoms with van der Waals surface area (Å²) in [6.45, 7) is 2.41. The molecule has 0 heterocycles. The van der Waals surface area contributed by atoms with Gasteiger partial charge in [0.1, 0.15) is 0 Å². The molecule has 2 aliphatic rings. The van der Waals surface area contributed by atoms with Crippen LogP contribution in [0.3, 0.4) is 0 Å². The molecule has 1 nitrogen and oxygen atoms in total. The zero-order chi connectivity index (χ0) is 10.5. The Morgan fingerprint density at radius 1 is 0.800 bits per heavy atom. The first-order chi connectivity index (χ1) is 7.36. The lowest BCUT2D eigenvalue weighted by Gasteiger charge is -2.35. The molecule has 0 amide bonds. The molecule has 2 aliphatic carbocycles. The molecule has 1 heteroatoms. The van der Waals surface area contributed by atoms with Crippen molar-refractivity contribution in [1.82, 2.24) is 5.32 Å². The molecule has 0 aliphatic heterocycles. The molecule has 1 atom stereocenters. The van der Waals surface area contributed by atoms with Crippen molar-refractivity contribution in [2.45, 2.75) is 83.2 Å². The summed E-state index contributed by atoms with van der Waals surface area (Å²) in [7, 11) is 0. The average molecular weight is 209 g/mol. The Balaban J connectivity index is 1.70. The highest BCUT2D eigenvalue weighted by atomic mass is 15.0. The maximum absolute atomic E-state index is 3.89. The van der Waals surface area contributed by atoms with Crippen LogP contribution in [0.4, 0.5) is 0 Å². The molecule has 1 unspecified atom stereocenters. The van der Waals surface area contributed by atoms with E-state index < -0.39 is 0 Å². The van der Waals surface area contributed by atoms with Gasteiger partial charge in [0, 0.05) is 12.1 Å². The Morgan fingerprint density at radius 3 is 1.93 bits per heavy atom. The second-order valence-corrected chi connectivity index (χ2v) is 5.69. The van der Waals surface area contributed by atoms with Crippen LogP contribution in [0, 0.1) is 5.92 Å². The van der Waals surface area contributed by atoms with Crippen molar-refractivity contribution in [2.75, 3.05) is 0 Å². The molecule has 0 radical (unpaired) electrons. The van der Waals surface area contributed by atoms with Crippen LogP contribution in [0.2, 0.25) is 0 Å². The van der Waals surface area contributed by atoms with Crippen LogP contribution in [0.25, 0.3) is 0 Å². The van der Waals surface area contributed by atoms with Gasteiger partial charge in [-0.05, 0) is 38.5 Å². The monoisotopic (exact) mass is 209 g/mol. The molecular formula is C14H27N. The maximum atomic E-state index is 3.89. The normalized spacial score (nSPS) is 27.8. The lowest BCUT2D eigenvalue weighted by Crippen LogP contribution is -2.43. The van der Waals surface area contributed by atoms with Gasteiger partial charge in [0.05, 0.1) is 0 Å². The van der Waals surface area contributed by atoms with Crippen molar-refractivity contribution in [3.63, 3.8) is 0 Å². The zero-order valence-electron chi connectivity index (χ0n) is 10.3. The Labute approximate surface area is 95.0 Å². The first-order valence-corrected chi connectivity index (χ1v) is 7.12. The Kier molecular flexibility index (Phi) is 4.49. The molecule has 1 N–H and O–H groups in total. The van der Waals surface area contributed by atoms with E-state index in [1.54, 1.807) is 0 Å². The molecule has 88 valence electrons. The number of nitrogens with one attached hydrogen (secondary N) is 1. The minimum Gasteiger partial charge on any atom is -0.311 e. The van der Waals surface area contributed by atoms with Gasteiger partial charge in [-0.15, -0.1) is 0 Å². The van der Waals surface area contributed by atoms with E-state index in [0.29, 0.717) is 0 Å². The molecule has 2 fully saturated rings. The van der Waals surface area contributed by atoms with E-state index in [4.69, 9.17) is 0 Å². The minimum atomic E-state index is 0.781. The smallest absolute Gasteiger partial charge is 0.00696 e. The van der Waals surface area contributed by atoms with Crippen LogP contribution in [-0.2, 0) is 0 Å². The third kappa shape index (κ3) is 3.48. The Morgan fingerprint density at radius 2 is 1.40 bits per heavy atom. The van der Waals surface area contributed by atoms with E-state index >= 15 is 0 Å². The highest BCUT2D eigenvalue weighted by Crippen LogP contribution is 2.30. The molecule has 0 spiro atoms. The van der Waals surface area contributed by atoms with E-state index in [9.17, 15) is 0 Å². The van der Waals surface area contributed by atoms with Gasteiger partial charge in [0.25, 0.3) is 0 Å². The summed E-state index contributed by atoms with van der Waals surface area (Å²) in [4.78, 5) is 0. The van der Waals surface area contributed by atoms with Gasteiger partial charge in [0.2, 0.25) is 0 Å². The molecule has 0 bridgehead atoms. The van der Waals surface area contributed by atoms with Gasteiger partial charge in [-0.25, -0.2) is 0 Å². The Bertz CT molecular complexity index is 166. The fourth-order valence-corrected chi connectivity index (χ4v) is 3.07. The van der Waals surface area contributed by atoms with Gasteiger partial charge in [-0.1, -0.05) is 38.5 Å². The third-order valence-corrected chi connectivity index (χ3v) is 4.46. The maximum Gasteiger partial charge on any atom is 0.00696 e. The van der Waals surface area contributed by atoms with E-state index in [1.165, 1.54) is 64.2 Å². The summed E-state index contributed by atoms with van der Waals surface area (Å²) < 4.78 is 0. The summed E-state index contributed by atoms with van der Waals surface area (Å²) in [6, 6.07) is 1.61. The van der Waals surface area contributed by atoms with Crippen molar-refractivity contribution in [1.29, 1.82) is 0 Å². The second-order valence-electron chi connectivity index (χ2n) is 5.69. The SMILES string of the molecule is CC(NC1CCCCCCC1)C1CCC1. The highest BCUT2D eigenvalue weighted by molar-refractivity contribution is 4.82. The zero-order valence-corrected chi connectivity index (χ0v) is 10.3. The first-order valence-electron chi connectivity index (χ1n) is 7.12. The van der Waals surface area contributed by atoms with Crippen molar-refractivity contribution >= 4 is 0 Å². The molecule has 0 aromatic rings. The number of rotatable bonds is 3. The fourth-order valence-electron chi connectivity index (χ4n) is 3.07. The van der Waals surface area contributed by atoms with Gasteiger partial charge >= 0.3 is 0 Å². The molecule has 2 saturated carbocycles.